The Labute approximate surface area is 124 Å². The van der Waals surface area contributed by atoms with Crippen LogP contribution in [0.25, 0.3) is 0 Å². The van der Waals surface area contributed by atoms with Gasteiger partial charge in [-0.1, -0.05) is 43.0 Å². The van der Waals surface area contributed by atoms with Gasteiger partial charge in [-0.3, -0.25) is 4.90 Å². The lowest BCUT2D eigenvalue weighted by Gasteiger charge is -2.34. The van der Waals surface area contributed by atoms with Crippen molar-refractivity contribution in [3.8, 4) is 0 Å². The normalized spacial score (nSPS) is 17.1. The summed E-state index contributed by atoms with van der Waals surface area (Å²) in [5.74, 6) is 0.261. The quantitative estimate of drug-likeness (QED) is 0.703. The molecular weight excluding hydrogens is 284 g/mol. The van der Waals surface area contributed by atoms with E-state index in [1.54, 1.807) is 6.07 Å². The summed E-state index contributed by atoms with van der Waals surface area (Å²) in [6, 6.07) is 5.58. The number of alkyl halides is 1. The van der Waals surface area contributed by atoms with Gasteiger partial charge in [-0.2, -0.15) is 0 Å². The fraction of sp³-hybridized carbons (Fsp3) is 0.600. The van der Waals surface area contributed by atoms with Crippen molar-refractivity contribution in [2.45, 2.75) is 44.7 Å². The van der Waals surface area contributed by atoms with Crippen LogP contribution in [-0.2, 0) is 6.54 Å². The van der Waals surface area contributed by atoms with E-state index in [1.165, 1.54) is 38.2 Å². The molecule has 0 N–H and O–H groups in total. The molecule has 4 heteroatoms. The van der Waals surface area contributed by atoms with E-state index in [2.05, 4.69) is 4.90 Å². The molecule has 0 atom stereocenters. The predicted molar refractivity (Wildman–Crippen MR) is 79.4 cm³/mol. The Morgan fingerprint density at radius 1 is 1.21 bits per heavy atom. The molecule has 2 rings (SSSR count). The highest BCUT2D eigenvalue weighted by molar-refractivity contribution is 6.31. The van der Waals surface area contributed by atoms with Crippen LogP contribution in [0.1, 0.15) is 37.7 Å². The van der Waals surface area contributed by atoms with E-state index >= 15 is 0 Å². The van der Waals surface area contributed by atoms with Crippen molar-refractivity contribution < 1.29 is 4.39 Å². The monoisotopic (exact) mass is 303 g/mol. The Balaban J connectivity index is 2.08. The zero-order chi connectivity index (χ0) is 13.7. The highest BCUT2D eigenvalue weighted by Gasteiger charge is 2.21. The largest absolute Gasteiger partial charge is 0.295 e. The Hall–Kier alpha value is -0.310. The summed E-state index contributed by atoms with van der Waals surface area (Å²) < 4.78 is 13.5. The third-order valence-electron chi connectivity index (χ3n) is 3.87. The molecule has 1 aromatic rings. The van der Waals surface area contributed by atoms with Crippen LogP contribution in [0.3, 0.4) is 0 Å². The van der Waals surface area contributed by atoms with Crippen LogP contribution < -0.4 is 0 Å². The van der Waals surface area contributed by atoms with E-state index in [1.807, 2.05) is 6.07 Å². The van der Waals surface area contributed by atoms with Gasteiger partial charge >= 0.3 is 0 Å². The molecule has 0 aromatic heterocycles. The second kappa shape index (κ2) is 7.47. The number of benzene rings is 1. The fourth-order valence-corrected chi connectivity index (χ4v) is 3.24. The standard InChI is InChI=1S/C15H20Cl2FN/c16-9-10-19(13-6-2-1-3-7-13)11-12-5-4-8-14(18)15(12)17/h4-5,8,13H,1-3,6-7,9-11H2. The second-order valence-corrected chi connectivity index (χ2v) is 5.92. The van der Waals surface area contributed by atoms with Crippen LogP contribution in [0.4, 0.5) is 4.39 Å². The molecule has 0 saturated heterocycles. The molecule has 1 nitrogen and oxygen atoms in total. The van der Waals surface area contributed by atoms with Crippen LogP contribution in [0.2, 0.25) is 5.02 Å². The number of halogens is 3. The van der Waals surface area contributed by atoms with Crippen LogP contribution in [-0.4, -0.2) is 23.4 Å². The first kappa shape index (κ1) is 15.1. The van der Waals surface area contributed by atoms with Gasteiger partial charge in [0.1, 0.15) is 5.82 Å². The Morgan fingerprint density at radius 3 is 2.63 bits per heavy atom. The number of hydrogen-bond acceptors (Lipinski definition) is 1. The first-order valence-corrected chi connectivity index (χ1v) is 7.86. The summed E-state index contributed by atoms with van der Waals surface area (Å²) in [7, 11) is 0. The number of nitrogens with zero attached hydrogens (tertiary/aromatic N) is 1. The molecule has 1 aliphatic carbocycles. The van der Waals surface area contributed by atoms with Gasteiger partial charge in [0.2, 0.25) is 0 Å². The first-order valence-electron chi connectivity index (χ1n) is 6.95. The Kier molecular flexibility index (Phi) is 5.93. The molecule has 0 unspecified atom stereocenters. The molecule has 1 saturated carbocycles. The molecule has 1 aliphatic rings. The van der Waals surface area contributed by atoms with Crippen LogP contribution in [0, 0.1) is 5.82 Å². The van der Waals surface area contributed by atoms with Gasteiger partial charge in [-0.25, -0.2) is 4.39 Å². The molecule has 0 amide bonds. The van der Waals surface area contributed by atoms with E-state index in [-0.39, 0.29) is 10.8 Å². The molecule has 0 heterocycles. The minimum absolute atomic E-state index is 0.248. The molecule has 0 bridgehead atoms. The molecule has 106 valence electrons. The van der Waals surface area contributed by atoms with Gasteiger partial charge < -0.3 is 0 Å². The molecule has 19 heavy (non-hydrogen) atoms. The topological polar surface area (TPSA) is 3.24 Å². The second-order valence-electron chi connectivity index (χ2n) is 5.16. The summed E-state index contributed by atoms with van der Waals surface area (Å²) >= 11 is 11.9. The van der Waals surface area contributed by atoms with Gasteiger partial charge in [0.25, 0.3) is 0 Å². The summed E-state index contributed by atoms with van der Waals surface area (Å²) in [5, 5.41) is 0.248. The Morgan fingerprint density at radius 2 is 1.95 bits per heavy atom. The van der Waals surface area contributed by atoms with Crippen molar-refractivity contribution in [1.29, 1.82) is 0 Å². The SMILES string of the molecule is Fc1cccc(CN(CCCl)C2CCCCC2)c1Cl. The lowest BCUT2D eigenvalue weighted by atomic mass is 9.94. The van der Waals surface area contributed by atoms with E-state index in [4.69, 9.17) is 23.2 Å². The minimum atomic E-state index is -0.339. The zero-order valence-corrected chi connectivity index (χ0v) is 12.6. The third kappa shape index (κ3) is 4.08. The van der Waals surface area contributed by atoms with Gasteiger partial charge in [-0.05, 0) is 24.5 Å². The summed E-state index contributed by atoms with van der Waals surface area (Å²) in [6.45, 7) is 1.52. The van der Waals surface area contributed by atoms with E-state index in [9.17, 15) is 4.39 Å². The highest BCUT2D eigenvalue weighted by Crippen LogP contribution is 2.27. The zero-order valence-electron chi connectivity index (χ0n) is 11.0. The van der Waals surface area contributed by atoms with Crippen molar-refractivity contribution in [2.24, 2.45) is 0 Å². The summed E-state index contributed by atoms with van der Waals surface area (Å²) in [6.07, 6.45) is 6.31. The van der Waals surface area contributed by atoms with E-state index in [0.29, 0.717) is 18.5 Å². The average Bonchev–Trinajstić information content (AvgIpc) is 2.44. The van der Waals surface area contributed by atoms with Crippen molar-refractivity contribution in [3.63, 3.8) is 0 Å². The summed E-state index contributed by atoms with van der Waals surface area (Å²) in [5.41, 5.74) is 0.859. The van der Waals surface area contributed by atoms with Crippen LogP contribution in [0.5, 0.6) is 0 Å². The molecule has 0 spiro atoms. The smallest absolute Gasteiger partial charge is 0.142 e. The molecule has 1 aromatic carbocycles. The number of rotatable bonds is 5. The minimum Gasteiger partial charge on any atom is -0.295 e. The lowest BCUT2D eigenvalue weighted by molar-refractivity contribution is 0.157. The van der Waals surface area contributed by atoms with Crippen LogP contribution >= 0.6 is 23.2 Å². The van der Waals surface area contributed by atoms with Crippen molar-refractivity contribution in [1.82, 2.24) is 4.90 Å². The summed E-state index contributed by atoms with van der Waals surface area (Å²) in [4.78, 5) is 2.35. The van der Waals surface area contributed by atoms with Crippen molar-refractivity contribution >= 4 is 23.2 Å². The number of hydrogen-bond donors (Lipinski definition) is 0. The van der Waals surface area contributed by atoms with Gasteiger partial charge in [0.05, 0.1) is 5.02 Å². The first-order chi connectivity index (χ1) is 9.22. The average molecular weight is 304 g/mol. The maximum Gasteiger partial charge on any atom is 0.142 e. The predicted octanol–water partition coefficient (Wildman–Crippen LogP) is 4.85. The van der Waals surface area contributed by atoms with Gasteiger partial charge in [0.15, 0.2) is 0 Å². The maximum atomic E-state index is 13.5. The Bertz CT molecular complexity index is 405. The highest BCUT2D eigenvalue weighted by atomic mass is 35.5. The third-order valence-corrected chi connectivity index (χ3v) is 4.46. The fourth-order valence-electron chi connectivity index (χ4n) is 2.83. The van der Waals surface area contributed by atoms with E-state index < -0.39 is 0 Å². The molecule has 0 aliphatic heterocycles. The molecule has 0 radical (unpaired) electrons. The van der Waals surface area contributed by atoms with Crippen molar-refractivity contribution in [2.75, 3.05) is 12.4 Å². The van der Waals surface area contributed by atoms with E-state index in [0.717, 1.165) is 12.1 Å². The maximum absolute atomic E-state index is 13.5. The van der Waals surface area contributed by atoms with Gasteiger partial charge in [0, 0.05) is 25.0 Å². The lowest BCUT2D eigenvalue weighted by Crippen LogP contribution is -2.37. The molecular formula is C15H20Cl2FN. The van der Waals surface area contributed by atoms with Gasteiger partial charge in [-0.15, -0.1) is 11.6 Å². The van der Waals surface area contributed by atoms with Crippen molar-refractivity contribution in [3.05, 3.63) is 34.6 Å². The molecule has 1 fully saturated rings. The van der Waals surface area contributed by atoms with Crippen LogP contribution in [0.15, 0.2) is 18.2 Å².